The van der Waals surface area contributed by atoms with Gasteiger partial charge in [0, 0.05) is 30.2 Å². The maximum atomic E-state index is 13.8. The second-order valence-corrected chi connectivity index (χ2v) is 12.1. The van der Waals surface area contributed by atoms with Gasteiger partial charge in [-0.05, 0) is 73.5 Å². The van der Waals surface area contributed by atoms with Crippen LogP contribution >= 0.6 is 11.6 Å². The summed E-state index contributed by atoms with van der Waals surface area (Å²) in [5.74, 6) is -5.87. The van der Waals surface area contributed by atoms with Crippen molar-refractivity contribution < 1.29 is 29.7 Å². The highest BCUT2D eigenvalue weighted by Crippen LogP contribution is 2.51. The lowest BCUT2D eigenvalue weighted by molar-refractivity contribution is -0.127. The number of likely N-dealkylation sites (N-methyl/N-ethyl adjacent to an activating group) is 1. The van der Waals surface area contributed by atoms with Crippen molar-refractivity contribution in [2.45, 2.75) is 38.4 Å². The maximum absolute atomic E-state index is 13.8. The van der Waals surface area contributed by atoms with Crippen molar-refractivity contribution in [1.82, 2.24) is 9.80 Å². The van der Waals surface area contributed by atoms with Crippen LogP contribution in [0.4, 0.5) is 0 Å². The predicted octanol–water partition coefficient (Wildman–Crippen LogP) is 3.22. The Hall–Kier alpha value is -3.66. The number of nitrogens with zero attached hydrogens (tertiary/aromatic N) is 2. The van der Waals surface area contributed by atoms with Gasteiger partial charge in [0.2, 0.25) is 0 Å². The zero-order valence-corrected chi connectivity index (χ0v) is 23.6. The highest BCUT2D eigenvalue weighted by molar-refractivity contribution is 6.33. The molecule has 0 saturated carbocycles. The molecule has 5 N–H and O–H groups in total. The minimum Gasteiger partial charge on any atom is -0.511 e. The van der Waals surface area contributed by atoms with Crippen LogP contribution in [0, 0.1) is 17.8 Å². The van der Waals surface area contributed by atoms with Gasteiger partial charge in [0.25, 0.3) is 5.91 Å². The number of amides is 1. The van der Waals surface area contributed by atoms with E-state index in [0.717, 1.165) is 19.5 Å². The molecule has 4 aliphatic rings. The lowest BCUT2D eigenvalue weighted by atomic mass is 9.61. The highest BCUT2D eigenvalue weighted by atomic mass is 35.5. The molecule has 41 heavy (non-hydrogen) atoms. The zero-order valence-electron chi connectivity index (χ0n) is 22.9. The van der Waals surface area contributed by atoms with Gasteiger partial charge < -0.3 is 21.1 Å². The van der Waals surface area contributed by atoms with Gasteiger partial charge in [-0.2, -0.15) is 0 Å². The average Bonchev–Trinajstić information content (AvgIpc) is 2.90. The summed E-state index contributed by atoms with van der Waals surface area (Å²) in [6.07, 6.45) is 1.46. The second-order valence-electron chi connectivity index (χ2n) is 11.8. The molecule has 2 aromatic rings. The molecule has 214 valence electrons. The number of hydrogen-bond acceptors (Lipinski definition) is 8. The number of carbonyl (C=O) groups is 3. The number of aliphatic hydroxyl groups excluding tert-OH is 2. The average molecular weight is 578 g/mol. The number of rotatable bonds is 4. The van der Waals surface area contributed by atoms with Gasteiger partial charge >= 0.3 is 0 Å². The third-order valence-electron chi connectivity index (χ3n) is 9.18. The fraction of sp³-hybridized carbons (Fsp3) is 0.387. The molecule has 0 radical (unpaired) electrons. The molecule has 9 nitrogen and oxygen atoms in total. The van der Waals surface area contributed by atoms with E-state index in [-0.39, 0.29) is 29.7 Å². The smallest absolute Gasteiger partial charge is 0.255 e. The fourth-order valence-corrected chi connectivity index (χ4v) is 7.70. The number of ketones is 2. The molecule has 3 aliphatic carbocycles. The van der Waals surface area contributed by atoms with Crippen LogP contribution < -0.4 is 5.73 Å². The number of halogens is 1. The van der Waals surface area contributed by atoms with E-state index in [1.54, 1.807) is 19.0 Å². The number of hydrogen-bond donors (Lipinski definition) is 4. The molecule has 0 spiro atoms. The van der Waals surface area contributed by atoms with Gasteiger partial charge in [-0.15, -0.1) is 0 Å². The van der Waals surface area contributed by atoms with E-state index in [1.165, 1.54) is 17.2 Å². The minimum absolute atomic E-state index is 0.0277. The number of carbonyl (C=O) groups excluding carboxylic acids is 3. The zero-order chi connectivity index (χ0) is 29.3. The van der Waals surface area contributed by atoms with Gasteiger partial charge in [0.1, 0.15) is 22.8 Å². The van der Waals surface area contributed by atoms with Gasteiger partial charge in [-0.1, -0.05) is 35.9 Å². The fourth-order valence-electron chi connectivity index (χ4n) is 7.42. The van der Waals surface area contributed by atoms with Crippen LogP contribution in [-0.4, -0.2) is 69.3 Å². The summed E-state index contributed by atoms with van der Waals surface area (Å²) < 4.78 is 0. The van der Waals surface area contributed by atoms with Crippen LogP contribution in [0.15, 0.2) is 53.0 Å². The molecule has 1 heterocycles. The minimum atomic E-state index is -1.21. The van der Waals surface area contributed by atoms with Crippen molar-refractivity contribution in [2.75, 3.05) is 20.6 Å². The normalized spacial score (nSPS) is 26.0. The van der Waals surface area contributed by atoms with E-state index < -0.39 is 58.4 Å². The number of primary amides is 1. The van der Waals surface area contributed by atoms with Gasteiger partial charge in [0.15, 0.2) is 11.6 Å². The summed E-state index contributed by atoms with van der Waals surface area (Å²) in [5, 5.41) is 33.8. The van der Waals surface area contributed by atoms with Crippen molar-refractivity contribution in [3.63, 3.8) is 0 Å². The summed E-state index contributed by atoms with van der Waals surface area (Å²) >= 11 is 6.94. The van der Waals surface area contributed by atoms with Crippen molar-refractivity contribution in [3.8, 4) is 5.75 Å². The largest absolute Gasteiger partial charge is 0.511 e. The molecule has 6 rings (SSSR count). The molecule has 2 aromatic carbocycles. The first-order valence-electron chi connectivity index (χ1n) is 13.7. The lowest BCUT2D eigenvalue weighted by Gasteiger charge is -2.46. The van der Waals surface area contributed by atoms with Crippen molar-refractivity contribution >= 4 is 29.1 Å². The topological polar surface area (TPSA) is 144 Å². The quantitative estimate of drug-likeness (QED) is 0.405. The van der Waals surface area contributed by atoms with Crippen molar-refractivity contribution in [1.29, 1.82) is 0 Å². The van der Waals surface area contributed by atoms with Crippen LogP contribution in [0.5, 0.6) is 5.75 Å². The molecular weight excluding hydrogens is 546 g/mol. The first-order valence-corrected chi connectivity index (χ1v) is 14.1. The van der Waals surface area contributed by atoms with Gasteiger partial charge in [0.05, 0.1) is 17.5 Å². The van der Waals surface area contributed by atoms with E-state index in [4.69, 9.17) is 17.3 Å². The van der Waals surface area contributed by atoms with Crippen LogP contribution in [-0.2, 0) is 35.5 Å². The first kappa shape index (κ1) is 27.5. The predicted molar refractivity (Wildman–Crippen MR) is 151 cm³/mol. The second kappa shape index (κ2) is 10.0. The number of phenolic OH excluding ortho intramolecular Hbond substituents is 1. The first-order chi connectivity index (χ1) is 19.5. The van der Waals surface area contributed by atoms with E-state index in [2.05, 4.69) is 17.0 Å². The molecule has 0 saturated heterocycles. The molecule has 4 atom stereocenters. The van der Waals surface area contributed by atoms with Crippen molar-refractivity contribution in [2.24, 2.45) is 23.5 Å². The Kier molecular flexibility index (Phi) is 6.71. The van der Waals surface area contributed by atoms with Crippen LogP contribution in [0.3, 0.4) is 0 Å². The Labute approximate surface area is 242 Å². The molecule has 0 fully saturated rings. The number of phenols is 1. The monoisotopic (exact) mass is 577 g/mol. The molecule has 0 aromatic heterocycles. The number of fused-ring (bicyclic) bond motifs is 4. The Morgan fingerprint density at radius 3 is 2.51 bits per heavy atom. The number of aromatic hydroxyl groups is 1. The Bertz CT molecular complexity index is 1580. The van der Waals surface area contributed by atoms with E-state index >= 15 is 0 Å². The number of benzene rings is 2. The number of nitrogens with two attached hydrogens (primary N) is 1. The highest BCUT2D eigenvalue weighted by Gasteiger charge is 2.54. The van der Waals surface area contributed by atoms with Gasteiger partial charge in [-0.25, -0.2) is 0 Å². The van der Waals surface area contributed by atoms with Crippen LogP contribution in [0.25, 0.3) is 0 Å². The van der Waals surface area contributed by atoms with Crippen molar-refractivity contribution in [3.05, 3.63) is 85.8 Å². The Balaban J connectivity index is 1.37. The number of allylic oxidation sites excluding steroid dienone is 2. The summed E-state index contributed by atoms with van der Waals surface area (Å²) in [5.41, 5.74) is 8.75. The Morgan fingerprint density at radius 2 is 1.83 bits per heavy atom. The molecule has 0 unspecified atom stereocenters. The standard InChI is InChI=1S/C31H32ClN3O6/c1-34(2)26-19-10-16-9-18-22(27(37)21(16)28(38)23(19)29(39)24(30(26)40)31(33)41)20(36)11-17(25(18)32)13-35-8-7-14-5-3-4-6-15(14)12-35/h3-6,11,16,19,23,26,36,38,40H,7-10,12-13H2,1-2H3,(H2,33,41)/t16-,19+,23+,26-/m0/s1. The SMILES string of the molecule is CN(C)[C@@H]1C(O)=C(C(N)=O)C(=O)[C@H]2C(O)=C3C(=O)c4c(O)cc(CN5CCc6ccccc6C5)c(Cl)c4C[C@H]3C[C@H]21. The Morgan fingerprint density at radius 1 is 1.12 bits per heavy atom. The molecule has 0 bridgehead atoms. The lowest BCUT2D eigenvalue weighted by Crippen LogP contribution is -2.53. The summed E-state index contributed by atoms with van der Waals surface area (Å²) in [6, 6.07) is 9.05. The molecular formula is C31H32ClN3O6. The summed E-state index contributed by atoms with van der Waals surface area (Å²) in [7, 11) is 3.40. The van der Waals surface area contributed by atoms with E-state index in [1.807, 2.05) is 12.1 Å². The maximum Gasteiger partial charge on any atom is 0.255 e. The van der Waals surface area contributed by atoms with E-state index in [9.17, 15) is 29.7 Å². The van der Waals surface area contributed by atoms with Gasteiger partial charge in [-0.3, -0.25) is 24.2 Å². The third kappa shape index (κ3) is 4.26. The van der Waals surface area contributed by atoms with Crippen LogP contribution in [0.2, 0.25) is 5.02 Å². The molecule has 1 amide bonds. The third-order valence-corrected chi connectivity index (χ3v) is 9.65. The van der Waals surface area contributed by atoms with E-state index in [0.29, 0.717) is 22.7 Å². The molecule has 10 heteroatoms. The summed E-state index contributed by atoms with van der Waals surface area (Å²) in [4.78, 5) is 43.2. The number of aliphatic hydroxyl groups is 2. The number of Topliss-reactive ketones (excluding diaryl/α,β-unsaturated/α-hetero) is 2. The summed E-state index contributed by atoms with van der Waals surface area (Å²) in [6.45, 7) is 2.08. The molecule has 1 aliphatic heterocycles. The van der Waals surface area contributed by atoms with Crippen LogP contribution in [0.1, 0.15) is 39.0 Å².